The lowest BCUT2D eigenvalue weighted by Gasteiger charge is -2.17. The lowest BCUT2D eigenvalue weighted by Crippen LogP contribution is -2.06. The summed E-state index contributed by atoms with van der Waals surface area (Å²) in [6.07, 6.45) is 0. The Morgan fingerprint density at radius 3 is 2.53 bits per heavy atom. The van der Waals surface area contributed by atoms with Gasteiger partial charge in [-0.15, -0.1) is 0 Å². The molecule has 0 atom stereocenters. The van der Waals surface area contributed by atoms with E-state index in [4.69, 9.17) is 26.8 Å². The molecule has 4 rings (SSSR count). The highest BCUT2D eigenvalue weighted by atomic mass is 35.5. The van der Waals surface area contributed by atoms with Crippen LogP contribution >= 0.6 is 11.6 Å². The number of carbonyl (C=O) groups is 1. The second kappa shape index (κ2) is 9.20. The van der Waals surface area contributed by atoms with Gasteiger partial charge in [0.2, 0.25) is 0 Å². The number of benzene rings is 3. The molecule has 0 bridgehead atoms. The highest BCUT2D eigenvalue weighted by Gasteiger charge is 2.17. The summed E-state index contributed by atoms with van der Waals surface area (Å²) in [5, 5.41) is 0.597. The predicted octanol–water partition coefficient (Wildman–Crippen LogP) is 6.05. The van der Waals surface area contributed by atoms with Gasteiger partial charge in [-0.1, -0.05) is 41.9 Å². The number of hydrogen-bond donors (Lipinski definition) is 1. The monoisotopic (exact) mass is 446 g/mol. The van der Waals surface area contributed by atoms with Crippen LogP contribution in [-0.2, 0) is 11.3 Å². The van der Waals surface area contributed by atoms with Crippen molar-refractivity contribution < 1.29 is 14.3 Å². The molecule has 0 radical (unpaired) electrons. The van der Waals surface area contributed by atoms with Crippen LogP contribution in [-0.4, -0.2) is 17.6 Å². The summed E-state index contributed by atoms with van der Waals surface area (Å²) in [6, 6.07) is 24.7. The highest BCUT2D eigenvalue weighted by Crippen LogP contribution is 2.36. The van der Waals surface area contributed by atoms with Gasteiger partial charge in [0.1, 0.15) is 12.4 Å². The third-order valence-corrected chi connectivity index (χ3v) is 5.39. The molecule has 0 fully saturated rings. The number of rotatable bonds is 6. The fourth-order valence-electron chi connectivity index (χ4n) is 3.65. The van der Waals surface area contributed by atoms with E-state index < -0.39 is 5.97 Å². The van der Waals surface area contributed by atoms with Gasteiger partial charge >= 0.3 is 5.97 Å². The Morgan fingerprint density at radius 1 is 1.00 bits per heavy atom. The van der Waals surface area contributed by atoms with Crippen molar-refractivity contribution in [2.45, 2.75) is 13.5 Å². The smallest absolute Gasteiger partial charge is 0.337 e. The Labute approximate surface area is 192 Å². The number of hydrogen-bond acceptors (Lipinski definition) is 4. The van der Waals surface area contributed by atoms with E-state index in [0.29, 0.717) is 28.6 Å². The Bertz CT molecular complexity index is 1270. The number of esters is 1. The van der Waals surface area contributed by atoms with Crippen LogP contribution in [0.25, 0.3) is 16.9 Å². The Balaban J connectivity index is 1.79. The first-order valence-corrected chi connectivity index (χ1v) is 10.5. The molecule has 1 aromatic heterocycles. The van der Waals surface area contributed by atoms with Crippen molar-refractivity contribution in [2.75, 3.05) is 12.8 Å². The van der Waals surface area contributed by atoms with Crippen molar-refractivity contribution >= 4 is 23.3 Å². The van der Waals surface area contributed by atoms with Crippen LogP contribution in [0, 0.1) is 6.92 Å². The van der Waals surface area contributed by atoms with Gasteiger partial charge in [-0.2, -0.15) is 0 Å². The number of methoxy groups -OCH3 is 1. The molecule has 0 unspecified atom stereocenters. The van der Waals surface area contributed by atoms with Crippen molar-refractivity contribution in [2.24, 2.45) is 0 Å². The zero-order valence-electron chi connectivity index (χ0n) is 17.8. The van der Waals surface area contributed by atoms with Gasteiger partial charge in [-0.05, 0) is 61.0 Å². The van der Waals surface area contributed by atoms with Crippen molar-refractivity contribution in [3.05, 3.63) is 101 Å². The number of aryl methyl sites for hydroxylation is 1. The molecule has 0 amide bonds. The number of halogens is 1. The van der Waals surface area contributed by atoms with Crippen LogP contribution in [0.1, 0.15) is 21.6 Å². The van der Waals surface area contributed by atoms with Crippen LogP contribution in [0.5, 0.6) is 5.75 Å². The molecule has 0 saturated heterocycles. The van der Waals surface area contributed by atoms with Gasteiger partial charge in [0.15, 0.2) is 0 Å². The van der Waals surface area contributed by atoms with Crippen molar-refractivity contribution in [3.63, 3.8) is 0 Å². The van der Waals surface area contributed by atoms with Gasteiger partial charge in [0, 0.05) is 27.7 Å². The summed E-state index contributed by atoms with van der Waals surface area (Å²) in [5.74, 6) is 0.259. The molecule has 6 heteroatoms. The number of nitrogen functional groups attached to an aromatic ring is 1. The minimum atomic E-state index is -0.445. The molecule has 162 valence electrons. The molecule has 5 nitrogen and oxygen atoms in total. The first-order chi connectivity index (χ1) is 15.5. The molecule has 32 heavy (non-hydrogen) atoms. The van der Waals surface area contributed by atoms with Gasteiger partial charge in [0.25, 0.3) is 0 Å². The zero-order chi connectivity index (χ0) is 22.7. The Kier molecular flexibility index (Phi) is 6.19. The van der Waals surface area contributed by atoms with E-state index in [0.717, 1.165) is 28.2 Å². The quantitative estimate of drug-likeness (QED) is 0.289. The number of nitrogens with two attached hydrogens (primary N) is 1. The third kappa shape index (κ3) is 4.48. The van der Waals surface area contributed by atoms with Crippen LogP contribution in [0.3, 0.4) is 0 Å². The maximum absolute atomic E-state index is 12.1. The standard InChI is InChI=1S/C26H23ClN2O3/c1-17-8-10-24(29(17)22-13-19(26(30)31-2)12-21(28)15-22)23-14-20(27)9-11-25(23)32-16-18-6-4-3-5-7-18/h3-15H,16,28H2,1-2H3. The van der Waals surface area contributed by atoms with Crippen molar-refractivity contribution in [1.29, 1.82) is 0 Å². The molecule has 2 N–H and O–H groups in total. The van der Waals surface area contributed by atoms with E-state index in [9.17, 15) is 4.79 Å². The second-order valence-corrected chi connectivity index (χ2v) is 7.85. The molecule has 0 spiro atoms. The predicted molar refractivity (Wildman–Crippen MR) is 127 cm³/mol. The molecule has 0 aliphatic rings. The van der Waals surface area contributed by atoms with E-state index in [1.165, 1.54) is 7.11 Å². The first-order valence-electron chi connectivity index (χ1n) is 10.1. The molecule has 0 aliphatic heterocycles. The summed E-state index contributed by atoms with van der Waals surface area (Å²) in [7, 11) is 1.35. The molecular weight excluding hydrogens is 424 g/mol. The van der Waals surface area contributed by atoms with E-state index in [-0.39, 0.29) is 0 Å². The summed E-state index contributed by atoms with van der Waals surface area (Å²) in [4.78, 5) is 12.1. The number of ether oxygens (including phenoxy) is 2. The molecular formula is C26H23ClN2O3. The summed E-state index contributed by atoms with van der Waals surface area (Å²) >= 11 is 6.35. The number of aromatic nitrogens is 1. The average Bonchev–Trinajstić information content (AvgIpc) is 3.19. The van der Waals surface area contributed by atoms with E-state index in [1.807, 2.05) is 72.2 Å². The second-order valence-electron chi connectivity index (χ2n) is 7.41. The minimum Gasteiger partial charge on any atom is -0.488 e. The van der Waals surface area contributed by atoms with Crippen LogP contribution in [0.15, 0.2) is 78.9 Å². The Morgan fingerprint density at radius 2 is 1.78 bits per heavy atom. The van der Waals surface area contributed by atoms with Gasteiger partial charge in [-0.3, -0.25) is 0 Å². The van der Waals surface area contributed by atoms with E-state index >= 15 is 0 Å². The molecule has 3 aromatic carbocycles. The fourth-order valence-corrected chi connectivity index (χ4v) is 3.83. The third-order valence-electron chi connectivity index (χ3n) is 5.15. The Hall–Kier alpha value is -3.70. The number of carbonyl (C=O) groups excluding carboxylic acids is 1. The van der Waals surface area contributed by atoms with Crippen LogP contribution < -0.4 is 10.5 Å². The van der Waals surface area contributed by atoms with Gasteiger partial charge in [-0.25, -0.2) is 4.79 Å². The maximum Gasteiger partial charge on any atom is 0.337 e. The average molecular weight is 447 g/mol. The summed E-state index contributed by atoms with van der Waals surface area (Å²) in [5.41, 5.74) is 11.4. The van der Waals surface area contributed by atoms with Crippen LogP contribution in [0.2, 0.25) is 5.02 Å². The summed E-state index contributed by atoms with van der Waals surface area (Å²) < 4.78 is 13.1. The SMILES string of the molecule is COC(=O)c1cc(N)cc(-n2c(C)ccc2-c2cc(Cl)ccc2OCc2ccccc2)c1. The van der Waals surface area contributed by atoms with Crippen LogP contribution in [0.4, 0.5) is 5.69 Å². The topological polar surface area (TPSA) is 66.5 Å². The van der Waals surface area contributed by atoms with Gasteiger partial charge in [0.05, 0.1) is 18.4 Å². The normalized spacial score (nSPS) is 10.7. The molecule has 1 heterocycles. The van der Waals surface area contributed by atoms with E-state index in [2.05, 4.69) is 0 Å². The largest absolute Gasteiger partial charge is 0.488 e. The molecule has 0 saturated carbocycles. The number of anilines is 1. The first kappa shape index (κ1) is 21.5. The van der Waals surface area contributed by atoms with Gasteiger partial charge < -0.3 is 19.8 Å². The van der Waals surface area contributed by atoms with Crippen molar-refractivity contribution in [3.8, 4) is 22.7 Å². The zero-order valence-corrected chi connectivity index (χ0v) is 18.6. The molecule has 0 aliphatic carbocycles. The number of nitrogens with zero attached hydrogens (tertiary/aromatic N) is 1. The lowest BCUT2D eigenvalue weighted by molar-refractivity contribution is 0.0600. The maximum atomic E-state index is 12.1. The lowest BCUT2D eigenvalue weighted by atomic mass is 10.1. The molecule has 4 aromatic rings. The minimum absolute atomic E-state index is 0.383. The van der Waals surface area contributed by atoms with Crippen molar-refractivity contribution in [1.82, 2.24) is 4.57 Å². The fraction of sp³-hybridized carbons (Fsp3) is 0.115. The highest BCUT2D eigenvalue weighted by molar-refractivity contribution is 6.31. The summed E-state index contributed by atoms with van der Waals surface area (Å²) in [6.45, 7) is 2.42. The van der Waals surface area contributed by atoms with E-state index in [1.54, 1.807) is 18.2 Å².